The van der Waals surface area contributed by atoms with Gasteiger partial charge in [0.1, 0.15) is 12.2 Å². The Morgan fingerprint density at radius 3 is 2.91 bits per heavy atom. The van der Waals surface area contributed by atoms with Gasteiger partial charge in [-0.1, -0.05) is 23.5 Å². The van der Waals surface area contributed by atoms with Gasteiger partial charge in [0.05, 0.1) is 10.2 Å². The van der Waals surface area contributed by atoms with E-state index in [0.29, 0.717) is 5.13 Å². The van der Waals surface area contributed by atoms with E-state index in [4.69, 9.17) is 5.11 Å². The summed E-state index contributed by atoms with van der Waals surface area (Å²) in [4.78, 5) is 27.4. The Morgan fingerprint density at radius 2 is 2.18 bits per heavy atom. The van der Waals surface area contributed by atoms with Crippen molar-refractivity contribution in [3.63, 3.8) is 0 Å². The number of carbonyl (C=O) groups excluding carboxylic acids is 1. The number of thiazole rings is 1. The molecule has 1 aromatic carbocycles. The quantitative estimate of drug-likeness (QED) is 0.768. The number of aromatic carboxylic acids is 1. The van der Waals surface area contributed by atoms with Gasteiger partial charge in [-0.3, -0.25) is 4.79 Å². The molecule has 0 atom stereocenters. The van der Waals surface area contributed by atoms with Crippen LogP contribution in [0.25, 0.3) is 10.2 Å². The number of amides is 1. The highest BCUT2D eigenvalue weighted by Crippen LogP contribution is 2.27. The van der Waals surface area contributed by atoms with E-state index in [0.717, 1.165) is 20.5 Å². The minimum Gasteiger partial charge on any atom is -0.477 e. The van der Waals surface area contributed by atoms with Crippen LogP contribution in [0.5, 0.6) is 0 Å². The molecular weight excluding hydrogens is 304 g/mol. The molecule has 0 fully saturated rings. The lowest BCUT2D eigenvalue weighted by Gasteiger charge is -2.04. The van der Waals surface area contributed by atoms with Crippen molar-refractivity contribution in [3.8, 4) is 0 Å². The molecule has 0 saturated carbocycles. The van der Waals surface area contributed by atoms with Crippen molar-refractivity contribution in [2.45, 2.75) is 13.5 Å². The summed E-state index contributed by atoms with van der Waals surface area (Å²) < 4.78 is 2.12. The number of carbonyl (C=O) groups is 2. The number of anilines is 1. The zero-order chi connectivity index (χ0) is 15.7. The summed E-state index contributed by atoms with van der Waals surface area (Å²) in [5, 5.41) is 16.0. The largest absolute Gasteiger partial charge is 0.477 e. The highest BCUT2D eigenvalue weighted by Gasteiger charge is 2.14. The summed E-state index contributed by atoms with van der Waals surface area (Å²) in [6.07, 6.45) is 1.35. The van der Waals surface area contributed by atoms with Gasteiger partial charge in [0.2, 0.25) is 5.91 Å². The minimum absolute atomic E-state index is 0.0321. The number of nitrogens with zero attached hydrogens (tertiary/aromatic N) is 3. The van der Waals surface area contributed by atoms with Crippen LogP contribution in [0.4, 0.5) is 5.13 Å². The molecule has 22 heavy (non-hydrogen) atoms. The Balaban J connectivity index is 1.77. The standard InChI is InChI=1S/C14H12N4O3S/c1-8-3-2-4-10-12(8)17-14(22-10)16-11(19)7-18-9(13(20)21)5-6-15-18/h2-6H,7H2,1H3,(H,20,21)(H,16,17,19). The lowest BCUT2D eigenvalue weighted by molar-refractivity contribution is -0.116. The molecule has 2 N–H and O–H groups in total. The summed E-state index contributed by atoms with van der Waals surface area (Å²) in [5.41, 5.74) is 1.86. The molecular formula is C14H12N4O3S. The van der Waals surface area contributed by atoms with Crippen molar-refractivity contribution in [2.24, 2.45) is 0 Å². The maximum absolute atomic E-state index is 12.0. The molecule has 0 aliphatic carbocycles. The molecule has 112 valence electrons. The van der Waals surface area contributed by atoms with Crippen LogP contribution in [-0.4, -0.2) is 31.7 Å². The molecule has 0 radical (unpaired) electrons. The molecule has 0 unspecified atom stereocenters. The number of hydrogen-bond acceptors (Lipinski definition) is 5. The smallest absolute Gasteiger partial charge is 0.354 e. The topological polar surface area (TPSA) is 97.1 Å². The van der Waals surface area contributed by atoms with Gasteiger partial charge >= 0.3 is 5.97 Å². The van der Waals surface area contributed by atoms with Crippen molar-refractivity contribution < 1.29 is 14.7 Å². The maximum Gasteiger partial charge on any atom is 0.354 e. The second-order valence-electron chi connectivity index (χ2n) is 4.67. The number of aryl methyl sites for hydroxylation is 1. The van der Waals surface area contributed by atoms with Gasteiger partial charge in [0, 0.05) is 6.20 Å². The van der Waals surface area contributed by atoms with Crippen LogP contribution in [0, 0.1) is 6.92 Å². The van der Waals surface area contributed by atoms with E-state index in [2.05, 4.69) is 15.4 Å². The number of fused-ring (bicyclic) bond motifs is 1. The molecule has 3 aromatic rings. The van der Waals surface area contributed by atoms with Gasteiger partial charge in [0.15, 0.2) is 5.13 Å². The summed E-state index contributed by atoms with van der Waals surface area (Å²) in [7, 11) is 0. The van der Waals surface area contributed by atoms with Crippen LogP contribution in [0.2, 0.25) is 0 Å². The fraction of sp³-hybridized carbons (Fsp3) is 0.143. The SMILES string of the molecule is Cc1cccc2sc(NC(=O)Cn3nccc3C(=O)O)nc12. The predicted molar refractivity (Wildman–Crippen MR) is 82.2 cm³/mol. The van der Waals surface area contributed by atoms with Crippen molar-refractivity contribution in [1.29, 1.82) is 0 Å². The van der Waals surface area contributed by atoms with E-state index in [-0.39, 0.29) is 18.1 Å². The second kappa shape index (κ2) is 5.57. The molecule has 7 nitrogen and oxygen atoms in total. The Hall–Kier alpha value is -2.74. The number of hydrogen-bond donors (Lipinski definition) is 2. The molecule has 8 heteroatoms. The summed E-state index contributed by atoms with van der Waals surface area (Å²) in [5.74, 6) is -1.50. The first-order valence-electron chi connectivity index (χ1n) is 6.45. The van der Waals surface area contributed by atoms with E-state index >= 15 is 0 Å². The predicted octanol–water partition coefficient (Wildman–Crippen LogP) is 2.14. The van der Waals surface area contributed by atoms with Crippen LogP contribution in [0.1, 0.15) is 16.1 Å². The average Bonchev–Trinajstić information content (AvgIpc) is 3.05. The van der Waals surface area contributed by atoms with E-state index in [1.54, 1.807) is 0 Å². The number of nitrogens with one attached hydrogen (secondary N) is 1. The molecule has 1 amide bonds. The van der Waals surface area contributed by atoms with Crippen molar-refractivity contribution in [2.75, 3.05) is 5.32 Å². The first-order chi connectivity index (χ1) is 10.5. The Labute approximate surface area is 129 Å². The number of carboxylic acid groups (broad SMARTS) is 1. The first-order valence-corrected chi connectivity index (χ1v) is 7.27. The number of aromatic nitrogens is 3. The van der Waals surface area contributed by atoms with E-state index in [9.17, 15) is 9.59 Å². The number of benzene rings is 1. The maximum atomic E-state index is 12.0. The Kier molecular flexibility index (Phi) is 3.60. The highest BCUT2D eigenvalue weighted by atomic mass is 32.1. The average molecular weight is 316 g/mol. The number of rotatable bonds is 4. The van der Waals surface area contributed by atoms with Crippen molar-refractivity contribution in [3.05, 3.63) is 41.7 Å². The third-order valence-corrected chi connectivity index (χ3v) is 4.03. The van der Waals surface area contributed by atoms with Crippen LogP contribution in [-0.2, 0) is 11.3 Å². The molecule has 0 aliphatic heterocycles. The molecule has 2 heterocycles. The second-order valence-corrected chi connectivity index (χ2v) is 5.70. The molecule has 0 saturated heterocycles. The van der Waals surface area contributed by atoms with E-state index < -0.39 is 5.97 Å². The fourth-order valence-electron chi connectivity index (χ4n) is 2.07. The minimum atomic E-state index is -1.12. The number of para-hydroxylation sites is 1. The van der Waals surface area contributed by atoms with E-state index in [1.807, 2.05) is 25.1 Å². The summed E-state index contributed by atoms with van der Waals surface area (Å²) in [6, 6.07) is 7.17. The highest BCUT2D eigenvalue weighted by molar-refractivity contribution is 7.22. The van der Waals surface area contributed by atoms with Gasteiger partial charge in [0.25, 0.3) is 0 Å². The summed E-state index contributed by atoms with van der Waals surface area (Å²) >= 11 is 1.37. The monoisotopic (exact) mass is 316 g/mol. The molecule has 3 rings (SSSR count). The normalized spacial score (nSPS) is 10.8. The van der Waals surface area contributed by atoms with Crippen LogP contribution < -0.4 is 5.32 Å². The van der Waals surface area contributed by atoms with Crippen LogP contribution in [0.15, 0.2) is 30.5 Å². The molecule has 0 spiro atoms. The van der Waals surface area contributed by atoms with Crippen LogP contribution >= 0.6 is 11.3 Å². The van der Waals surface area contributed by atoms with Gasteiger partial charge in [-0.25, -0.2) is 14.5 Å². The molecule has 0 aliphatic rings. The zero-order valence-electron chi connectivity index (χ0n) is 11.6. The van der Waals surface area contributed by atoms with Crippen molar-refractivity contribution in [1.82, 2.24) is 14.8 Å². The Bertz CT molecular complexity index is 868. The summed E-state index contributed by atoms with van der Waals surface area (Å²) in [6.45, 7) is 1.78. The molecule has 0 bridgehead atoms. The van der Waals surface area contributed by atoms with Gasteiger partial charge in [-0.2, -0.15) is 5.10 Å². The number of carboxylic acids is 1. The van der Waals surface area contributed by atoms with Gasteiger partial charge in [-0.15, -0.1) is 0 Å². The fourth-order valence-corrected chi connectivity index (χ4v) is 3.03. The lowest BCUT2D eigenvalue weighted by atomic mass is 10.2. The first kappa shape index (κ1) is 14.2. The molecule has 2 aromatic heterocycles. The van der Waals surface area contributed by atoms with Gasteiger partial charge < -0.3 is 10.4 Å². The van der Waals surface area contributed by atoms with Crippen molar-refractivity contribution >= 4 is 38.6 Å². The third-order valence-electron chi connectivity index (χ3n) is 3.10. The van der Waals surface area contributed by atoms with Crippen LogP contribution in [0.3, 0.4) is 0 Å². The lowest BCUT2D eigenvalue weighted by Crippen LogP contribution is -2.22. The van der Waals surface area contributed by atoms with E-state index in [1.165, 1.54) is 23.6 Å². The van der Waals surface area contributed by atoms with Gasteiger partial charge in [-0.05, 0) is 24.6 Å². The Morgan fingerprint density at radius 1 is 1.36 bits per heavy atom. The third kappa shape index (κ3) is 2.68. The zero-order valence-corrected chi connectivity index (χ0v) is 12.4.